The van der Waals surface area contributed by atoms with Crippen LogP contribution < -0.4 is 4.72 Å². The van der Waals surface area contributed by atoms with Crippen LogP contribution in [0.3, 0.4) is 0 Å². The molecule has 1 N–H and O–H groups in total. The molecule has 1 aromatic heterocycles. The Bertz CT molecular complexity index is 1050. The maximum absolute atomic E-state index is 13.8. The molecule has 0 fully saturated rings. The first kappa shape index (κ1) is 19.2. The summed E-state index contributed by atoms with van der Waals surface area (Å²) in [5.74, 6) is -0.0830. The van der Waals surface area contributed by atoms with E-state index in [2.05, 4.69) is 14.9 Å². The molecule has 0 aliphatic rings. The molecular weight excluding hydrogens is 369 g/mol. The van der Waals surface area contributed by atoms with Crippen molar-refractivity contribution in [1.82, 2.24) is 14.9 Å². The third-order valence-corrected chi connectivity index (χ3v) is 5.85. The van der Waals surface area contributed by atoms with Gasteiger partial charge in [0.15, 0.2) is 0 Å². The molecule has 0 aliphatic heterocycles. The molecule has 142 valence electrons. The fraction of sp³-hybridized carbons (Fsp3) is 0.263. The fourth-order valence-corrected chi connectivity index (χ4v) is 4.54. The first-order valence-electron chi connectivity index (χ1n) is 8.43. The molecule has 6 nitrogen and oxygen atoms in total. The minimum Gasteiger partial charge on any atom is -0.339 e. The first-order chi connectivity index (χ1) is 12.8. The van der Waals surface area contributed by atoms with Crippen molar-refractivity contribution in [3.63, 3.8) is 0 Å². The van der Waals surface area contributed by atoms with Crippen LogP contribution in [-0.4, -0.2) is 25.1 Å². The fourth-order valence-electron chi connectivity index (χ4n) is 3.06. The van der Waals surface area contributed by atoms with Gasteiger partial charge in [-0.3, -0.25) is 0 Å². The summed E-state index contributed by atoms with van der Waals surface area (Å²) in [6.07, 6.45) is 0.199. The van der Waals surface area contributed by atoms with Gasteiger partial charge in [0.05, 0.1) is 10.5 Å². The van der Waals surface area contributed by atoms with Crippen molar-refractivity contribution in [2.75, 3.05) is 6.54 Å². The van der Waals surface area contributed by atoms with Crippen LogP contribution in [0.5, 0.6) is 0 Å². The molecule has 0 radical (unpaired) electrons. The van der Waals surface area contributed by atoms with Gasteiger partial charge in [-0.25, -0.2) is 17.5 Å². The summed E-state index contributed by atoms with van der Waals surface area (Å²) < 4.78 is 46.7. The van der Waals surface area contributed by atoms with Gasteiger partial charge in [0, 0.05) is 13.0 Å². The molecule has 0 saturated heterocycles. The minimum atomic E-state index is -3.66. The second-order valence-corrected chi connectivity index (χ2v) is 8.07. The second-order valence-electron chi connectivity index (χ2n) is 6.37. The van der Waals surface area contributed by atoms with Crippen LogP contribution >= 0.6 is 0 Å². The number of hydrogen-bond acceptors (Lipinski definition) is 5. The molecule has 3 rings (SSSR count). The highest BCUT2D eigenvalue weighted by Crippen LogP contribution is 2.22. The van der Waals surface area contributed by atoms with E-state index in [0.717, 1.165) is 5.56 Å². The number of benzene rings is 2. The van der Waals surface area contributed by atoms with Gasteiger partial charge in [-0.1, -0.05) is 35.0 Å². The van der Waals surface area contributed by atoms with Gasteiger partial charge in [-0.15, -0.1) is 0 Å². The molecule has 27 heavy (non-hydrogen) atoms. The summed E-state index contributed by atoms with van der Waals surface area (Å²) in [6.45, 7) is 5.56. The van der Waals surface area contributed by atoms with Crippen molar-refractivity contribution in [2.45, 2.75) is 32.1 Å². The Morgan fingerprint density at radius 3 is 2.44 bits per heavy atom. The zero-order valence-electron chi connectivity index (χ0n) is 15.3. The number of aryl methyl sites for hydroxylation is 3. The van der Waals surface area contributed by atoms with Gasteiger partial charge < -0.3 is 4.52 Å². The molecule has 0 aliphatic carbocycles. The lowest BCUT2D eigenvalue weighted by Gasteiger charge is -2.12. The Morgan fingerprint density at radius 1 is 1.11 bits per heavy atom. The monoisotopic (exact) mass is 389 g/mol. The van der Waals surface area contributed by atoms with Gasteiger partial charge >= 0.3 is 0 Å². The molecule has 0 atom stereocenters. The van der Waals surface area contributed by atoms with Crippen LogP contribution in [0.2, 0.25) is 0 Å². The normalized spacial score (nSPS) is 11.7. The Balaban J connectivity index is 1.69. The van der Waals surface area contributed by atoms with Crippen molar-refractivity contribution < 1.29 is 17.3 Å². The number of halogens is 1. The van der Waals surface area contributed by atoms with Gasteiger partial charge in [0.2, 0.25) is 21.7 Å². The van der Waals surface area contributed by atoms with Crippen LogP contribution in [0.4, 0.5) is 4.39 Å². The zero-order chi connectivity index (χ0) is 19.6. The van der Waals surface area contributed by atoms with Crippen molar-refractivity contribution in [3.05, 3.63) is 64.8 Å². The molecule has 0 unspecified atom stereocenters. The molecular formula is C19H20FN3O3S. The highest BCUT2D eigenvalue weighted by atomic mass is 32.2. The summed E-state index contributed by atoms with van der Waals surface area (Å²) in [4.78, 5) is 4.41. The lowest BCUT2D eigenvalue weighted by molar-refractivity contribution is 0.378. The van der Waals surface area contributed by atoms with E-state index in [1.165, 1.54) is 6.07 Å². The molecule has 2 aromatic carbocycles. The number of nitrogens with zero attached hydrogens (tertiary/aromatic N) is 2. The van der Waals surface area contributed by atoms with Crippen molar-refractivity contribution >= 4 is 10.0 Å². The molecule has 0 spiro atoms. The van der Waals surface area contributed by atoms with Gasteiger partial charge in [0.25, 0.3) is 0 Å². The quantitative estimate of drug-likeness (QED) is 0.699. The highest BCUT2D eigenvalue weighted by molar-refractivity contribution is 7.89. The largest absolute Gasteiger partial charge is 0.339 e. The van der Waals surface area contributed by atoms with Crippen molar-refractivity contribution in [1.29, 1.82) is 0 Å². The smallest absolute Gasteiger partial charge is 0.241 e. The van der Waals surface area contributed by atoms with E-state index >= 15 is 0 Å². The zero-order valence-corrected chi connectivity index (χ0v) is 16.1. The first-order valence-corrected chi connectivity index (χ1v) is 9.91. The van der Waals surface area contributed by atoms with Gasteiger partial charge in [-0.2, -0.15) is 4.98 Å². The van der Waals surface area contributed by atoms with E-state index < -0.39 is 15.8 Å². The van der Waals surface area contributed by atoms with Crippen LogP contribution in [0.25, 0.3) is 11.4 Å². The predicted molar refractivity (Wildman–Crippen MR) is 99.2 cm³/mol. The Kier molecular flexibility index (Phi) is 5.38. The summed E-state index contributed by atoms with van der Waals surface area (Å²) >= 11 is 0. The second kappa shape index (κ2) is 7.58. The standard InChI is InChI=1S/C19H20FN3O3S/c1-12-10-13(2)18(14(3)11-12)27(24,25)21-9-8-17-22-19(23-26-17)15-6-4-5-7-16(15)20/h4-7,10-11,21H,8-9H2,1-3H3. The lowest BCUT2D eigenvalue weighted by atomic mass is 10.1. The average molecular weight is 389 g/mol. The van der Waals surface area contributed by atoms with Crippen LogP contribution in [-0.2, 0) is 16.4 Å². The third-order valence-electron chi connectivity index (χ3n) is 4.09. The summed E-state index contributed by atoms with van der Waals surface area (Å²) in [5.41, 5.74) is 2.63. The molecule has 0 saturated carbocycles. The predicted octanol–water partition coefficient (Wildman–Crippen LogP) is 3.32. The maximum Gasteiger partial charge on any atom is 0.241 e. The van der Waals surface area contributed by atoms with Gasteiger partial charge in [0.1, 0.15) is 5.82 Å². The van der Waals surface area contributed by atoms with E-state index in [0.29, 0.717) is 11.1 Å². The summed E-state index contributed by atoms with van der Waals surface area (Å²) in [7, 11) is -3.66. The van der Waals surface area contributed by atoms with Gasteiger partial charge in [-0.05, 0) is 44.0 Å². The van der Waals surface area contributed by atoms with E-state index in [9.17, 15) is 12.8 Å². The topological polar surface area (TPSA) is 85.1 Å². The summed E-state index contributed by atoms with van der Waals surface area (Å²) in [5, 5.41) is 3.76. The van der Waals surface area contributed by atoms with E-state index in [-0.39, 0.29) is 35.1 Å². The van der Waals surface area contributed by atoms with Crippen molar-refractivity contribution in [3.8, 4) is 11.4 Å². The number of hydrogen-bond donors (Lipinski definition) is 1. The average Bonchev–Trinajstić information content (AvgIpc) is 3.02. The molecule has 0 amide bonds. The number of sulfonamides is 1. The Morgan fingerprint density at radius 2 is 1.78 bits per heavy atom. The maximum atomic E-state index is 13.8. The van der Waals surface area contributed by atoms with Crippen LogP contribution in [0.1, 0.15) is 22.6 Å². The summed E-state index contributed by atoms with van der Waals surface area (Å²) in [6, 6.07) is 9.78. The van der Waals surface area contributed by atoms with E-state index in [1.54, 1.807) is 32.0 Å². The molecule has 3 aromatic rings. The lowest BCUT2D eigenvalue weighted by Crippen LogP contribution is -2.27. The number of nitrogens with one attached hydrogen (secondary N) is 1. The molecule has 0 bridgehead atoms. The highest BCUT2D eigenvalue weighted by Gasteiger charge is 2.20. The molecule has 8 heteroatoms. The Labute approximate surface area is 157 Å². The SMILES string of the molecule is Cc1cc(C)c(S(=O)(=O)NCCc2nc(-c3ccccc3F)no2)c(C)c1. The Hall–Kier alpha value is -2.58. The molecule has 1 heterocycles. The van der Waals surface area contributed by atoms with Crippen LogP contribution in [0, 0.1) is 26.6 Å². The minimum absolute atomic E-state index is 0.0913. The van der Waals surface area contributed by atoms with Crippen LogP contribution in [0.15, 0.2) is 45.8 Å². The number of aromatic nitrogens is 2. The number of rotatable bonds is 6. The van der Waals surface area contributed by atoms with E-state index in [1.807, 2.05) is 19.1 Å². The van der Waals surface area contributed by atoms with E-state index in [4.69, 9.17) is 4.52 Å². The third kappa shape index (κ3) is 4.23. The van der Waals surface area contributed by atoms with Crippen molar-refractivity contribution in [2.24, 2.45) is 0 Å².